The van der Waals surface area contributed by atoms with Gasteiger partial charge >= 0.3 is 0 Å². The Hall–Kier alpha value is -2.99. The van der Waals surface area contributed by atoms with E-state index in [1.54, 1.807) is 35.1 Å². The van der Waals surface area contributed by atoms with Gasteiger partial charge in [0.25, 0.3) is 11.8 Å². The molecule has 2 heterocycles. The molecule has 0 unspecified atom stereocenters. The molecule has 3 aromatic rings. The van der Waals surface area contributed by atoms with Gasteiger partial charge in [-0.25, -0.2) is 0 Å². The molecule has 2 amide bonds. The molecule has 0 bridgehead atoms. The van der Waals surface area contributed by atoms with Crippen LogP contribution in [0.4, 0.5) is 0 Å². The third-order valence-electron chi connectivity index (χ3n) is 5.52. The van der Waals surface area contributed by atoms with E-state index in [0.29, 0.717) is 60.3 Å². The van der Waals surface area contributed by atoms with E-state index in [-0.39, 0.29) is 11.8 Å². The molecular formula is C23H23ClN2O4. The maximum absolute atomic E-state index is 13.2. The van der Waals surface area contributed by atoms with Crippen LogP contribution in [0.15, 0.2) is 46.9 Å². The number of fused-ring (bicyclic) bond motifs is 1. The number of amides is 2. The molecule has 1 aliphatic heterocycles. The molecule has 0 saturated carbocycles. The van der Waals surface area contributed by atoms with Crippen LogP contribution in [0.3, 0.4) is 0 Å². The van der Waals surface area contributed by atoms with Crippen molar-refractivity contribution in [3.63, 3.8) is 0 Å². The Balaban J connectivity index is 1.52. The number of hydrogen-bond donors (Lipinski definition) is 0. The number of aryl methyl sites for hydroxylation is 1. The van der Waals surface area contributed by atoms with Gasteiger partial charge in [-0.15, -0.1) is 0 Å². The fraction of sp³-hybridized carbons (Fsp3) is 0.304. The van der Waals surface area contributed by atoms with E-state index in [1.165, 1.54) is 0 Å². The first-order valence-corrected chi connectivity index (χ1v) is 10.3. The van der Waals surface area contributed by atoms with E-state index in [4.69, 9.17) is 20.8 Å². The highest BCUT2D eigenvalue weighted by molar-refractivity contribution is 6.35. The lowest BCUT2D eigenvalue weighted by Gasteiger charge is -2.22. The molecule has 4 rings (SSSR count). The van der Waals surface area contributed by atoms with Crippen molar-refractivity contribution in [2.45, 2.75) is 13.3 Å². The van der Waals surface area contributed by atoms with Gasteiger partial charge in [0.2, 0.25) is 0 Å². The lowest BCUT2D eigenvalue weighted by atomic mass is 10.1. The zero-order chi connectivity index (χ0) is 21.3. The van der Waals surface area contributed by atoms with Gasteiger partial charge in [0, 0.05) is 37.1 Å². The molecule has 0 N–H and O–H groups in total. The number of para-hydroxylation sites is 2. The standard InChI is InChI=1S/C23H23ClN2O4/c1-15-16-8-5-9-18(24)21(16)30-20(15)23(28)26-12-6-11-25(13-14-26)22(27)17-7-3-4-10-19(17)29-2/h3-5,7-10H,6,11-14H2,1-2H3. The largest absolute Gasteiger partial charge is 0.496 e. The quantitative estimate of drug-likeness (QED) is 0.623. The molecule has 1 aromatic heterocycles. The zero-order valence-corrected chi connectivity index (χ0v) is 17.7. The number of ether oxygens (including phenoxy) is 1. The first-order chi connectivity index (χ1) is 14.5. The molecule has 1 fully saturated rings. The lowest BCUT2D eigenvalue weighted by Crippen LogP contribution is -2.37. The Morgan fingerprint density at radius 3 is 2.37 bits per heavy atom. The topological polar surface area (TPSA) is 63.0 Å². The Morgan fingerprint density at radius 1 is 0.967 bits per heavy atom. The maximum atomic E-state index is 13.2. The smallest absolute Gasteiger partial charge is 0.289 e. The highest BCUT2D eigenvalue weighted by atomic mass is 35.5. The number of nitrogens with zero attached hydrogens (tertiary/aromatic N) is 2. The summed E-state index contributed by atoms with van der Waals surface area (Å²) in [7, 11) is 1.55. The highest BCUT2D eigenvalue weighted by Gasteiger charge is 2.28. The number of carbonyl (C=O) groups excluding carboxylic acids is 2. The van der Waals surface area contributed by atoms with Crippen LogP contribution in [-0.2, 0) is 0 Å². The van der Waals surface area contributed by atoms with Gasteiger partial charge in [-0.2, -0.15) is 0 Å². The van der Waals surface area contributed by atoms with Gasteiger partial charge in [-0.05, 0) is 31.5 Å². The first kappa shape index (κ1) is 20.3. The summed E-state index contributed by atoms with van der Waals surface area (Å²) in [5.74, 6) is 0.594. The number of hydrogen-bond acceptors (Lipinski definition) is 4. The molecule has 6 nitrogen and oxygen atoms in total. The third kappa shape index (κ3) is 3.63. The van der Waals surface area contributed by atoms with Crippen LogP contribution >= 0.6 is 11.6 Å². The van der Waals surface area contributed by atoms with Crippen LogP contribution < -0.4 is 4.74 Å². The second-order valence-corrected chi connectivity index (χ2v) is 7.72. The summed E-state index contributed by atoms with van der Waals surface area (Å²) in [6.45, 7) is 3.88. The molecule has 0 atom stereocenters. The molecule has 30 heavy (non-hydrogen) atoms. The van der Waals surface area contributed by atoms with Crippen LogP contribution in [0.2, 0.25) is 5.02 Å². The number of rotatable bonds is 3. The van der Waals surface area contributed by atoms with E-state index in [0.717, 1.165) is 10.9 Å². The summed E-state index contributed by atoms with van der Waals surface area (Å²) in [5.41, 5.74) is 1.84. The van der Waals surface area contributed by atoms with Gasteiger partial charge in [-0.1, -0.05) is 35.9 Å². The molecule has 1 aliphatic rings. The minimum absolute atomic E-state index is 0.0894. The number of carbonyl (C=O) groups is 2. The average molecular weight is 427 g/mol. The molecule has 0 aliphatic carbocycles. The van der Waals surface area contributed by atoms with E-state index in [1.807, 2.05) is 31.2 Å². The van der Waals surface area contributed by atoms with E-state index in [9.17, 15) is 9.59 Å². The van der Waals surface area contributed by atoms with Crippen molar-refractivity contribution in [3.8, 4) is 5.75 Å². The maximum Gasteiger partial charge on any atom is 0.289 e. The van der Waals surface area contributed by atoms with Crippen molar-refractivity contribution in [2.75, 3.05) is 33.3 Å². The molecule has 156 valence electrons. The molecule has 7 heteroatoms. The van der Waals surface area contributed by atoms with Crippen LogP contribution in [0.5, 0.6) is 5.75 Å². The predicted octanol–water partition coefficient (Wildman–Crippen LogP) is 4.39. The number of methoxy groups -OCH3 is 1. The van der Waals surface area contributed by atoms with Gasteiger partial charge in [0.15, 0.2) is 11.3 Å². The second-order valence-electron chi connectivity index (χ2n) is 7.31. The Bertz CT molecular complexity index is 1110. The minimum atomic E-state index is -0.175. The minimum Gasteiger partial charge on any atom is -0.496 e. The third-order valence-corrected chi connectivity index (χ3v) is 5.82. The van der Waals surface area contributed by atoms with Crippen LogP contribution in [0, 0.1) is 6.92 Å². The second kappa shape index (κ2) is 8.40. The summed E-state index contributed by atoms with van der Waals surface area (Å²) in [4.78, 5) is 29.7. The summed E-state index contributed by atoms with van der Waals surface area (Å²) in [6, 6.07) is 12.7. The summed E-state index contributed by atoms with van der Waals surface area (Å²) >= 11 is 6.22. The number of benzene rings is 2. The van der Waals surface area contributed by atoms with Crippen LogP contribution in [-0.4, -0.2) is 54.9 Å². The van der Waals surface area contributed by atoms with Crippen molar-refractivity contribution in [2.24, 2.45) is 0 Å². The SMILES string of the molecule is COc1ccccc1C(=O)N1CCCN(C(=O)c2oc3c(Cl)cccc3c2C)CC1. The zero-order valence-electron chi connectivity index (χ0n) is 17.0. The van der Waals surface area contributed by atoms with Gasteiger partial charge in [-0.3, -0.25) is 9.59 Å². The average Bonchev–Trinajstić information content (AvgIpc) is 2.95. The summed E-state index contributed by atoms with van der Waals surface area (Å²) < 4.78 is 11.2. The summed E-state index contributed by atoms with van der Waals surface area (Å²) in [6.07, 6.45) is 0.687. The highest BCUT2D eigenvalue weighted by Crippen LogP contribution is 2.31. The predicted molar refractivity (Wildman–Crippen MR) is 115 cm³/mol. The molecular weight excluding hydrogens is 404 g/mol. The van der Waals surface area contributed by atoms with Crippen LogP contribution in [0.25, 0.3) is 11.0 Å². The van der Waals surface area contributed by atoms with Crippen molar-refractivity contribution < 1.29 is 18.7 Å². The monoisotopic (exact) mass is 426 g/mol. The van der Waals surface area contributed by atoms with Gasteiger partial charge in [0.05, 0.1) is 17.7 Å². The Labute approximate surface area is 180 Å². The molecule has 0 spiro atoms. The molecule has 1 saturated heterocycles. The van der Waals surface area contributed by atoms with E-state index >= 15 is 0 Å². The normalized spacial score (nSPS) is 14.6. The molecule has 2 aromatic carbocycles. The number of furan rings is 1. The van der Waals surface area contributed by atoms with Crippen molar-refractivity contribution in [1.29, 1.82) is 0 Å². The van der Waals surface area contributed by atoms with E-state index < -0.39 is 0 Å². The fourth-order valence-electron chi connectivity index (χ4n) is 3.87. The fourth-order valence-corrected chi connectivity index (χ4v) is 4.08. The van der Waals surface area contributed by atoms with Crippen molar-refractivity contribution in [3.05, 3.63) is 64.4 Å². The Morgan fingerprint density at radius 2 is 1.67 bits per heavy atom. The number of halogens is 1. The first-order valence-electron chi connectivity index (χ1n) is 9.90. The van der Waals surface area contributed by atoms with E-state index in [2.05, 4.69) is 0 Å². The summed E-state index contributed by atoms with van der Waals surface area (Å²) in [5, 5.41) is 1.33. The van der Waals surface area contributed by atoms with Crippen LogP contribution in [0.1, 0.15) is 32.9 Å². The van der Waals surface area contributed by atoms with Crippen molar-refractivity contribution >= 4 is 34.4 Å². The van der Waals surface area contributed by atoms with Gasteiger partial charge in [0.1, 0.15) is 5.75 Å². The lowest BCUT2D eigenvalue weighted by molar-refractivity contribution is 0.0699. The van der Waals surface area contributed by atoms with Gasteiger partial charge < -0.3 is 19.0 Å². The molecule has 0 radical (unpaired) electrons. The van der Waals surface area contributed by atoms with Crippen molar-refractivity contribution in [1.82, 2.24) is 9.80 Å². The Kier molecular flexibility index (Phi) is 5.68.